The molecule has 1 heterocycles. The Kier molecular flexibility index (Phi) is 1.86. The van der Waals surface area contributed by atoms with Gasteiger partial charge in [-0.15, -0.1) is 0 Å². The van der Waals surface area contributed by atoms with E-state index in [-0.39, 0.29) is 6.29 Å². The Morgan fingerprint density at radius 1 is 1.00 bits per heavy atom. The van der Waals surface area contributed by atoms with Crippen LogP contribution in [-0.4, -0.2) is 6.29 Å². The van der Waals surface area contributed by atoms with Crippen LogP contribution in [-0.2, 0) is 0 Å². The van der Waals surface area contributed by atoms with Crippen LogP contribution in [0.25, 0.3) is 0 Å². The molecule has 12 heavy (non-hydrogen) atoms. The van der Waals surface area contributed by atoms with Gasteiger partial charge in [-0.05, 0) is 12.1 Å². The van der Waals surface area contributed by atoms with Crippen LogP contribution >= 0.6 is 0 Å². The fourth-order valence-electron chi connectivity index (χ4n) is 1.12. The lowest BCUT2D eigenvalue weighted by Gasteiger charge is -2.15. The Morgan fingerprint density at radius 3 is 2.33 bits per heavy atom. The molecular formula is C9H11N3. The molecule has 0 atom stereocenters. The number of hydrogen-bond acceptors (Lipinski definition) is 3. The van der Waals surface area contributed by atoms with Crippen LogP contribution < -0.4 is 16.0 Å². The van der Waals surface area contributed by atoms with Gasteiger partial charge < -0.3 is 16.0 Å². The van der Waals surface area contributed by atoms with Gasteiger partial charge in [-0.25, -0.2) is 0 Å². The second-order valence-electron chi connectivity index (χ2n) is 2.61. The van der Waals surface area contributed by atoms with Crippen molar-refractivity contribution in [3.63, 3.8) is 0 Å². The molecule has 3 heteroatoms. The van der Waals surface area contributed by atoms with Crippen molar-refractivity contribution in [3.8, 4) is 0 Å². The molecule has 2 rings (SSSR count). The quantitative estimate of drug-likeness (QED) is 0.606. The summed E-state index contributed by atoms with van der Waals surface area (Å²) < 4.78 is 0. The maximum atomic E-state index is 3.26. The molecule has 1 aliphatic rings. The summed E-state index contributed by atoms with van der Waals surface area (Å²) in [5, 5.41) is 9.46. The monoisotopic (exact) mass is 161 g/mol. The third-order valence-corrected chi connectivity index (χ3v) is 1.69. The van der Waals surface area contributed by atoms with Gasteiger partial charge in [-0.2, -0.15) is 0 Å². The van der Waals surface area contributed by atoms with Crippen molar-refractivity contribution in [2.24, 2.45) is 0 Å². The Bertz CT molecular complexity index is 260. The van der Waals surface area contributed by atoms with E-state index < -0.39 is 0 Å². The molecule has 3 nitrogen and oxygen atoms in total. The van der Waals surface area contributed by atoms with Crippen LogP contribution in [0, 0.1) is 0 Å². The largest absolute Gasteiger partial charge is 0.353 e. The minimum absolute atomic E-state index is 0.118. The van der Waals surface area contributed by atoms with Crippen molar-refractivity contribution >= 4 is 5.69 Å². The third kappa shape index (κ3) is 1.50. The molecule has 0 radical (unpaired) electrons. The van der Waals surface area contributed by atoms with E-state index in [1.807, 2.05) is 42.7 Å². The molecular weight excluding hydrogens is 150 g/mol. The molecule has 0 saturated heterocycles. The summed E-state index contributed by atoms with van der Waals surface area (Å²) in [5.74, 6) is 0. The van der Waals surface area contributed by atoms with E-state index in [9.17, 15) is 0 Å². The first kappa shape index (κ1) is 7.03. The van der Waals surface area contributed by atoms with Gasteiger partial charge in [0.25, 0.3) is 0 Å². The zero-order valence-electron chi connectivity index (χ0n) is 6.62. The highest BCUT2D eigenvalue weighted by atomic mass is 15.3. The van der Waals surface area contributed by atoms with Crippen molar-refractivity contribution < 1.29 is 0 Å². The van der Waals surface area contributed by atoms with Crippen LogP contribution in [0.5, 0.6) is 0 Å². The van der Waals surface area contributed by atoms with Gasteiger partial charge in [0.15, 0.2) is 6.29 Å². The lowest BCUT2D eigenvalue weighted by Crippen LogP contribution is -2.38. The molecule has 0 aliphatic carbocycles. The summed E-state index contributed by atoms with van der Waals surface area (Å²) in [6, 6.07) is 10.1. The number of nitrogens with one attached hydrogen (secondary N) is 3. The van der Waals surface area contributed by atoms with Crippen LogP contribution in [0.4, 0.5) is 5.69 Å². The van der Waals surface area contributed by atoms with E-state index in [2.05, 4.69) is 16.0 Å². The van der Waals surface area contributed by atoms with E-state index in [0.717, 1.165) is 5.69 Å². The Balaban J connectivity index is 1.95. The van der Waals surface area contributed by atoms with Crippen LogP contribution in [0.3, 0.4) is 0 Å². The average molecular weight is 161 g/mol. The second-order valence-corrected chi connectivity index (χ2v) is 2.61. The van der Waals surface area contributed by atoms with Gasteiger partial charge in [0.2, 0.25) is 0 Å². The summed E-state index contributed by atoms with van der Waals surface area (Å²) in [6.45, 7) is 0. The number of para-hydroxylation sites is 1. The summed E-state index contributed by atoms with van der Waals surface area (Å²) in [7, 11) is 0. The number of benzene rings is 1. The molecule has 1 aromatic rings. The summed E-state index contributed by atoms with van der Waals surface area (Å²) in [6.07, 6.45) is 3.87. The first-order chi connectivity index (χ1) is 5.95. The molecule has 0 bridgehead atoms. The van der Waals surface area contributed by atoms with Crippen molar-refractivity contribution in [1.29, 1.82) is 0 Å². The third-order valence-electron chi connectivity index (χ3n) is 1.69. The molecule has 0 amide bonds. The van der Waals surface area contributed by atoms with Crippen LogP contribution in [0.15, 0.2) is 42.7 Å². The van der Waals surface area contributed by atoms with Gasteiger partial charge >= 0.3 is 0 Å². The van der Waals surface area contributed by atoms with Crippen molar-refractivity contribution in [2.75, 3.05) is 5.32 Å². The first-order valence-electron chi connectivity index (χ1n) is 3.94. The van der Waals surface area contributed by atoms with Crippen molar-refractivity contribution in [1.82, 2.24) is 10.6 Å². The molecule has 0 spiro atoms. The van der Waals surface area contributed by atoms with Gasteiger partial charge in [0.1, 0.15) is 0 Å². The maximum Gasteiger partial charge on any atom is 0.173 e. The SMILES string of the molecule is C1=CNC(Nc2ccccc2)N1. The molecule has 0 fully saturated rings. The van der Waals surface area contributed by atoms with Crippen LogP contribution in [0.1, 0.15) is 0 Å². The van der Waals surface area contributed by atoms with E-state index in [4.69, 9.17) is 0 Å². The predicted octanol–water partition coefficient (Wildman–Crippen LogP) is 1.05. The summed E-state index contributed by atoms with van der Waals surface area (Å²) >= 11 is 0. The average Bonchev–Trinajstić information content (AvgIpc) is 2.59. The van der Waals surface area contributed by atoms with E-state index in [1.54, 1.807) is 0 Å². The van der Waals surface area contributed by atoms with Crippen LogP contribution in [0.2, 0.25) is 0 Å². The maximum absolute atomic E-state index is 3.26. The number of hydrogen-bond donors (Lipinski definition) is 3. The fourth-order valence-corrected chi connectivity index (χ4v) is 1.12. The van der Waals surface area contributed by atoms with E-state index in [0.29, 0.717) is 0 Å². The van der Waals surface area contributed by atoms with Crippen molar-refractivity contribution in [2.45, 2.75) is 6.29 Å². The minimum atomic E-state index is 0.118. The van der Waals surface area contributed by atoms with E-state index in [1.165, 1.54) is 0 Å². The smallest absolute Gasteiger partial charge is 0.173 e. The Labute approximate surface area is 71.5 Å². The number of rotatable bonds is 2. The lowest BCUT2D eigenvalue weighted by molar-refractivity contribution is 0.641. The molecule has 3 N–H and O–H groups in total. The summed E-state index contributed by atoms with van der Waals surface area (Å²) in [5.41, 5.74) is 1.10. The second kappa shape index (κ2) is 3.17. The van der Waals surface area contributed by atoms with Gasteiger partial charge in [-0.3, -0.25) is 0 Å². The highest BCUT2D eigenvalue weighted by molar-refractivity contribution is 5.43. The first-order valence-corrected chi connectivity index (χ1v) is 3.94. The Hall–Kier alpha value is -1.64. The topological polar surface area (TPSA) is 36.1 Å². The zero-order valence-corrected chi connectivity index (χ0v) is 6.62. The molecule has 0 unspecified atom stereocenters. The molecule has 0 aromatic heterocycles. The number of anilines is 1. The van der Waals surface area contributed by atoms with Crippen molar-refractivity contribution in [3.05, 3.63) is 42.7 Å². The lowest BCUT2D eigenvalue weighted by atomic mass is 10.3. The van der Waals surface area contributed by atoms with Gasteiger partial charge in [0.05, 0.1) is 0 Å². The van der Waals surface area contributed by atoms with Gasteiger partial charge in [0, 0.05) is 18.1 Å². The standard InChI is InChI=1S/C9H11N3/c1-2-4-8(5-3-1)12-9-10-6-7-11-9/h1-7,9-12H. The minimum Gasteiger partial charge on any atom is -0.353 e. The fraction of sp³-hybridized carbons (Fsp3) is 0.111. The van der Waals surface area contributed by atoms with E-state index >= 15 is 0 Å². The Morgan fingerprint density at radius 2 is 1.67 bits per heavy atom. The highest BCUT2D eigenvalue weighted by Crippen LogP contribution is 2.05. The normalized spacial score (nSPS) is 15.3. The molecule has 0 saturated carbocycles. The van der Waals surface area contributed by atoms with Gasteiger partial charge in [-0.1, -0.05) is 18.2 Å². The molecule has 62 valence electrons. The molecule has 1 aliphatic heterocycles. The zero-order chi connectivity index (χ0) is 8.23. The highest BCUT2D eigenvalue weighted by Gasteiger charge is 2.05. The summed E-state index contributed by atoms with van der Waals surface area (Å²) in [4.78, 5) is 0. The molecule has 1 aromatic carbocycles. The predicted molar refractivity (Wildman–Crippen MR) is 49.3 cm³/mol.